The lowest BCUT2D eigenvalue weighted by atomic mass is 10.2. The molecule has 23 heavy (non-hydrogen) atoms. The van der Waals surface area contributed by atoms with Gasteiger partial charge in [0.25, 0.3) is 0 Å². The van der Waals surface area contributed by atoms with Gasteiger partial charge < -0.3 is 15.4 Å². The number of amides is 2. The molecule has 2 N–H and O–H groups in total. The first-order chi connectivity index (χ1) is 10.8. The van der Waals surface area contributed by atoms with E-state index in [1.54, 1.807) is 6.92 Å². The predicted octanol–water partition coefficient (Wildman–Crippen LogP) is 3.31. The van der Waals surface area contributed by atoms with Gasteiger partial charge in [-0.25, -0.2) is 9.78 Å². The first-order valence-electron chi connectivity index (χ1n) is 7.46. The molecule has 0 aliphatic carbocycles. The Morgan fingerprint density at radius 3 is 2.74 bits per heavy atom. The Morgan fingerprint density at radius 1 is 1.30 bits per heavy atom. The van der Waals surface area contributed by atoms with Gasteiger partial charge in [0.1, 0.15) is 6.04 Å². The van der Waals surface area contributed by atoms with Gasteiger partial charge in [0.2, 0.25) is 5.91 Å². The quantitative estimate of drug-likeness (QED) is 0.878. The van der Waals surface area contributed by atoms with Crippen molar-refractivity contribution in [2.75, 3.05) is 11.9 Å². The van der Waals surface area contributed by atoms with E-state index in [1.807, 2.05) is 39.0 Å². The lowest BCUT2D eigenvalue weighted by Gasteiger charge is -2.13. The summed E-state index contributed by atoms with van der Waals surface area (Å²) in [6, 6.07) is 5.21. The molecule has 0 radical (unpaired) electrons. The molecule has 0 aliphatic heterocycles. The number of carbonyl (C=O) groups is 2. The summed E-state index contributed by atoms with van der Waals surface area (Å²) in [6.45, 7) is 7.81. The number of rotatable bonds is 5. The maximum Gasteiger partial charge on any atom is 0.407 e. The topological polar surface area (TPSA) is 80.3 Å². The molecular formula is C16H21N3O3S. The molecule has 124 valence electrons. The summed E-state index contributed by atoms with van der Waals surface area (Å²) in [5, 5.41) is 5.73. The van der Waals surface area contributed by atoms with Crippen LogP contribution in [0.5, 0.6) is 0 Å². The Morgan fingerprint density at radius 2 is 2.04 bits per heavy atom. The highest BCUT2D eigenvalue weighted by Gasteiger charge is 2.18. The van der Waals surface area contributed by atoms with E-state index in [1.165, 1.54) is 11.3 Å². The van der Waals surface area contributed by atoms with Crippen LogP contribution in [0, 0.1) is 12.8 Å². The van der Waals surface area contributed by atoms with E-state index in [9.17, 15) is 9.59 Å². The van der Waals surface area contributed by atoms with Crippen LogP contribution in [-0.4, -0.2) is 29.6 Å². The number of aryl methyl sites for hydroxylation is 1. The lowest BCUT2D eigenvalue weighted by molar-refractivity contribution is -0.117. The fourth-order valence-corrected chi connectivity index (χ4v) is 2.79. The number of ether oxygens (including phenoxy) is 1. The smallest absolute Gasteiger partial charge is 0.407 e. The van der Waals surface area contributed by atoms with Crippen molar-refractivity contribution >= 4 is 38.7 Å². The van der Waals surface area contributed by atoms with Crippen molar-refractivity contribution in [2.45, 2.75) is 33.7 Å². The van der Waals surface area contributed by atoms with Crippen LogP contribution >= 0.6 is 11.3 Å². The van der Waals surface area contributed by atoms with E-state index in [0.29, 0.717) is 11.7 Å². The molecule has 1 aromatic carbocycles. The minimum absolute atomic E-state index is 0.246. The Kier molecular flexibility index (Phi) is 5.54. The second kappa shape index (κ2) is 7.41. The van der Waals surface area contributed by atoms with Gasteiger partial charge in [0, 0.05) is 0 Å². The van der Waals surface area contributed by atoms with Crippen LogP contribution in [0.1, 0.15) is 26.3 Å². The van der Waals surface area contributed by atoms with E-state index in [4.69, 9.17) is 4.74 Å². The van der Waals surface area contributed by atoms with Crippen LogP contribution in [-0.2, 0) is 9.53 Å². The van der Waals surface area contributed by atoms with Crippen molar-refractivity contribution in [3.8, 4) is 0 Å². The molecule has 0 unspecified atom stereocenters. The van der Waals surface area contributed by atoms with E-state index in [0.717, 1.165) is 15.8 Å². The van der Waals surface area contributed by atoms with Gasteiger partial charge in [0.05, 0.1) is 16.8 Å². The number of fused-ring (bicyclic) bond motifs is 1. The molecule has 0 saturated carbocycles. The SMILES string of the molecule is Cc1ccc2nc(NC(=O)[C@@H](C)NC(=O)OCC(C)C)sc2c1. The van der Waals surface area contributed by atoms with E-state index in [2.05, 4.69) is 15.6 Å². The molecule has 1 aromatic heterocycles. The minimum Gasteiger partial charge on any atom is -0.449 e. The van der Waals surface area contributed by atoms with Gasteiger partial charge >= 0.3 is 6.09 Å². The van der Waals surface area contributed by atoms with Gasteiger partial charge in [0.15, 0.2) is 5.13 Å². The lowest BCUT2D eigenvalue weighted by Crippen LogP contribution is -2.42. The zero-order chi connectivity index (χ0) is 17.0. The summed E-state index contributed by atoms with van der Waals surface area (Å²) < 4.78 is 6.00. The van der Waals surface area contributed by atoms with Crippen LogP contribution in [0.15, 0.2) is 18.2 Å². The maximum absolute atomic E-state index is 12.1. The van der Waals surface area contributed by atoms with Crippen LogP contribution < -0.4 is 10.6 Å². The Balaban J connectivity index is 1.93. The van der Waals surface area contributed by atoms with Gasteiger partial charge in [-0.15, -0.1) is 0 Å². The molecule has 0 aliphatic rings. The first-order valence-corrected chi connectivity index (χ1v) is 8.28. The van der Waals surface area contributed by atoms with Crippen molar-refractivity contribution in [3.05, 3.63) is 23.8 Å². The van der Waals surface area contributed by atoms with Crippen LogP contribution in [0.4, 0.5) is 9.93 Å². The largest absolute Gasteiger partial charge is 0.449 e. The van der Waals surface area contributed by atoms with Crippen molar-refractivity contribution < 1.29 is 14.3 Å². The van der Waals surface area contributed by atoms with Gasteiger partial charge in [-0.1, -0.05) is 31.3 Å². The van der Waals surface area contributed by atoms with Crippen LogP contribution in [0.2, 0.25) is 0 Å². The van der Waals surface area contributed by atoms with Gasteiger partial charge in [-0.05, 0) is 37.5 Å². The average Bonchev–Trinajstić information content (AvgIpc) is 2.86. The zero-order valence-electron chi connectivity index (χ0n) is 13.7. The fraction of sp³-hybridized carbons (Fsp3) is 0.438. The Labute approximate surface area is 139 Å². The predicted molar refractivity (Wildman–Crippen MR) is 91.8 cm³/mol. The third kappa shape index (κ3) is 4.92. The maximum atomic E-state index is 12.1. The molecule has 0 spiro atoms. The number of benzene rings is 1. The number of nitrogens with zero attached hydrogens (tertiary/aromatic N) is 1. The van der Waals surface area contributed by atoms with Crippen molar-refractivity contribution in [1.82, 2.24) is 10.3 Å². The monoisotopic (exact) mass is 335 g/mol. The average molecular weight is 335 g/mol. The molecule has 2 aromatic rings. The number of aromatic nitrogens is 1. The van der Waals surface area contributed by atoms with Crippen molar-refractivity contribution in [1.29, 1.82) is 0 Å². The summed E-state index contributed by atoms with van der Waals surface area (Å²) in [7, 11) is 0. The molecule has 1 heterocycles. The molecule has 1 atom stereocenters. The standard InChI is InChI=1S/C16H21N3O3S/c1-9(2)8-22-16(21)17-11(4)14(20)19-15-18-12-6-5-10(3)7-13(12)23-15/h5-7,9,11H,8H2,1-4H3,(H,17,21)(H,18,19,20)/t11-/m1/s1. The highest BCUT2D eigenvalue weighted by molar-refractivity contribution is 7.22. The highest BCUT2D eigenvalue weighted by atomic mass is 32.1. The fourth-order valence-electron chi connectivity index (χ4n) is 1.83. The molecular weight excluding hydrogens is 314 g/mol. The number of alkyl carbamates (subject to hydrolysis) is 1. The normalized spacial score (nSPS) is 12.2. The third-order valence-electron chi connectivity index (χ3n) is 3.05. The molecule has 7 heteroatoms. The molecule has 0 fully saturated rings. The highest BCUT2D eigenvalue weighted by Crippen LogP contribution is 2.26. The van der Waals surface area contributed by atoms with Crippen LogP contribution in [0.3, 0.4) is 0 Å². The first kappa shape index (κ1) is 17.2. The summed E-state index contributed by atoms with van der Waals surface area (Å²) >= 11 is 1.40. The number of nitrogens with one attached hydrogen (secondary N) is 2. The Bertz CT molecular complexity index is 712. The summed E-state index contributed by atoms with van der Waals surface area (Å²) in [4.78, 5) is 28.0. The number of thiazole rings is 1. The molecule has 0 saturated heterocycles. The van der Waals surface area contributed by atoms with E-state index in [-0.39, 0.29) is 11.8 Å². The Hall–Kier alpha value is -2.15. The van der Waals surface area contributed by atoms with Crippen molar-refractivity contribution in [2.24, 2.45) is 5.92 Å². The van der Waals surface area contributed by atoms with Crippen molar-refractivity contribution in [3.63, 3.8) is 0 Å². The molecule has 2 amide bonds. The zero-order valence-corrected chi connectivity index (χ0v) is 14.5. The third-order valence-corrected chi connectivity index (χ3v) is 3.98. The van der Waals surface area contributed by atoms with E-state index >= 15 is 0 Å². The summed E-state index contributed by atoms with van der Waals surface area (Å²) in [5.74, 6) is -0.0848. The molecule has 0 bridgehead atoms. The number of carbonyl (C=O) groups excluding carboxylic acids is 2. The van der Waals surface area contributed by atoms with Crippen LogP contribution in [0.25, 0.3) is 10.2 Å². The van der Waals surface area contributed by atoms with Gasteiger partial charge in [-0.3, -0.25) is 4.79 Å². The number of anilines is 1. The number of hydrogen-bond acceptors (Lipinski definition) is 5. The minimum atomic E-state index is -0.705. The molecule has 6 nitrogen and oxygen atoms in total. The van der Waals surface area contributed by atoms with Gasteiger partial charge in [-0.2, -0.15) is 0 Å². The summed E-state index contributed by atoms with van der Waals surface area (Å²) in [6.07, 6.45) is -0.596. The van der Waals surface area contributed by atoms with E-state index < -0.39 is 12.1 Å². The second-order valence-corrected chi connectivity index (χ2v) is 6.87. The molecule has 2 rings (SSSR count). The second-order valence-electron chi connectivity index (χ2n) is 5.84. The summed E-state index contributed by atoms with van der Waals surface area (Å²) in [5.41, 5.74) is 1.98. The number of hydrogen-bond donors (Lipinski definition) is 2.